The average molecular weight is 442 g/mol. The molecule has 0 aliphatic rings. The largest absolute Gasteiger partial charge is 0.339 e. The van der Waals surface area contributed by atoms with Crippen molar-refractivity contribution in [1.29, 1.82) is 0 Å². The standard InChI is InChI=1S/C25H22N4O4/c1-18(19-9-4-2-5-10-19)28(25(30)20-11-6-3-7-12-20)16-15-23-26-24(27-33-23)21-13-8-14-22(17-21)29(31)32/h2-14,17-18H,15-16H2,1H3/t18-/m0/s1. The molecule has 0 saturated heterocycles. The Morgan fingerprint density at radius 3 is 2.42 bits per heavy atom. The van der Waals surface area contributed by atoms with Gasteiger partial charge in [-0.1, -0.05) is 65.8 Å². The van der Waals surface area contributed by atoms with Crippen molar-refractivity contribution in [2.75, 3.05) is 6.54 Å². The molecule has 1 heterocycles. The van der Waals surface area contributed by atoms with E-state index in [9.17, 15) is 14.9 Å². The number of hydrogen-bond donors (Lipinski definition) is 0. The van der Waals surface area contributed by atoms with Gasteiger partial charge >= 0.3 is 0 Å². The Morgan fingerprint density at radius 2 is 1.73 bits per heavy atom. The number of hydrogen-bond acceptors (Lipinski definition) is 6. The van der Waals surface area contributed by atoms with Crippen LogP contribution in [0.25, 0.3) is 11.4 Å². The topological polar surface area (TPSA) is 102 Å². The van der Waals surface area contributed by atoms with E-state index in [4.69, 9.17) is 4.52 Å². The summed E-state index contributed by atoms with van der Waals surface area (Å²) in [6.45, 7) is 2.35. The highest BCUT2D eigenvalue weighted by Crippen LogP contribution is 2.24. The number of carbonyl (C=O) groups is 1. The van der Waals surface area contributed by atoms with Gasteiger partial charge in [0.05, 0.1) is 11.0 Å². The van der Waals surface area contributed by atoms with Crippen molar-refractivity contribution in [3.8, 4) is 11.4 Å². The zero-order chi connectivity index (χ0) is 23.2. The van der Waals surface area contributed by atoms with Crippen LogP contribution < -0.4 is 0 Å². The predicted octanol–water partition coefficient (Wildman–Crippen LogP) is 5.09. The minimum Gasteiger partial charge on any atom is -0.339 e. The minimum absolute atomic E-state index is 0.0461. The van der Waals surface area contributed by atoms with E-state index in [0.717, 1.165) is 5.56 Å². The van der Waals surface area contributed by atoms with Gasteiger partial charge in [-0.2, -0.15) is 4.98 Å². The van der Waals surface area contributed by atoms with Crippen molar-refractivity contribution >= 4 is 11.6 Å². The van der Waals surface area contributed by atoms with Gasteiger partial charge in [0.15, 0.2) is 0 Å². The van der Waals surface area contributed by atoms with E-state index in [-0.39, 0.29) is 23.5 Å². The van der Waals surface area contributed by atoms with Crippen LogP contribution >= 0.6 is 0 Å². The molecule has 0 aliphatic heterocycles. The lowest BCUT2D eigenvalue weighted by Crippen LogP contribution is -2.35. The summed E-state index contributed by atoms with van der Waals surface area (Å²) >= 11 is 0. The lowest BCUT2D eigenvalue weighted by molar-refractivity contribution is -0.384. The van der Waals surface area contributed by atoms with Crippen molar-refractivity contribution in [2.24, 2.45) is 0 Å². The fourth-order valence-corrected chi connectivity index (χ4v) is 3.58. The van der Waals surface area contributed by atoms with Gasteiger partial charge in [0, 0.05) is 36.2 Å². The Kier molecular flexibility index (Phi) is 6.54. The first-order chi connectivity index (χ1) is 16.0. The molecule has 0 bridgehead atoms. The molecule has 0 spiro atoms. The van der Waals surface area contributed by atoms with Crippen LogP contribution in [-0.4, -0.2) is 32.4 Å². The highest BCUT2D eigenvalue weighted by Gasteiger charge is 2.23. The lowest BCUT2D eigenvalue weighted by atomic mass is 10.1. The van der Waals surface area contributed by atoms with Gasteiger partial charge in [-0.05, 0) is 24.6 Å². The molecule has 8 nitrogen and oxygen atoms in total. The summed E-state index contributed by atoms with van der Waals surface area (Å²) < 4.78 is 5.37. The maximum atomic E-state index is 13.3. The van der Waals surface area contributed by atoms with Crippen LogP contribution in [0.15, 0.2) is 89.5 Å². The second kappa shape index (κ2) is 9.86. The van der Waals surface area contributed by atoms with Crippen LogP contribution in [0.1, 0.15) is 34.8 Å². The summed E-state index contributed by atoms with van der Waals surface area (Å²) in [6.07, 6.45) is 0.345. The van der Waals surface area contributed by atoms with E-state index in [1.807, 2.05) is 55.5 Å². The molecule has 1 atom stereocenters. The summed E-state index contributed by atoms with van der Waals surface area (Å²) in [5, 5.41) is 15.0. The second-order valence-corrected chi connectivity index (χ2v) is 7.52. The van der Waals surface area contributed by atoms with E-state index < -0.39 is 4.92 Å². The molecule has 4 aromatic rings. The number of carbonyl (C=O) groups excluding carboxylic acids is 1. The number of nitrogens with zero attached hydrogens (tertiary/aromatic N) is 4. The van der Waals surface area contributed by atoms with Gasteiger partial charge in [0.25, 0.3) is 11.6 Å². The Morgan fingerprint density at radius 1 is 1.03 bits per heavy atom. The molecule has 0 saturated carbocycles. The van der Waals surface area contributed by atoms with E-state index in [0.29, 0.717) is 30.0 Å². The first kappa shape index (κ1) is 21.9. The maximum Gasteiger partial charge on any atom is 0.270 e. The average Bonchev–Trinajstić information content (AvgIpc) is 3.34. The normalized spacial score (nSPS) is 11.7. The minimum atomic E-state index is -0.470. The third-order valence-electron chi connectivity index (χ3n) is 5.38. The van der Waals surface area contributed by atoms with Gasteiger partial charge in [0.2, 0.25) is 11.7 Å². The van der Waals surface area contributed by atoms with Crippen LogP contribution in [0.2, 0.25) is 0 Å². The molecular formula is C25H22N4O4. The molecule has 0 fully saturated rings. The Balaban J connectivity index is 1.54. The highest BCUT2D eigenvalue weighted by molar-refractivity contribution is 5.94. The van der Waals surface area contributed by atoms with Gasteiger partial charge in [-0.3, -0.25) is 14.9 Å². The first-order valence-corrected chi connectivity index (χ1v) is 10.5. The van der Waals surface area contributed by atoms with Gasteiger partial charge in [-0.25, -0.2) is 0 Å². The van der Waals surface area contributed by atoms with Crippen molar-refractivity contribution in [1.82, 2.24) is 15.0 Å². The molecule has 0 radical (unpaired) electrons. The number of rotatable bonds is 8. The third kappa shape index (κ3) is 5.12. The van der Waals surface area contributed by atoms with Crippen molar-refractivity contribution in [3.05, 3.63) is 112 Å². The summed E-state index contributed by atoms with van der Waals surface area (Å²) in [5.74, 6) is 0.527. The van der Waals surface area contributed by atoms with Crippen molar-refractivity contribution in [2.45, 2.75) is 19.4 Å². The molecule has 0 aliphatic carbocycles. The summed E-state index contributed by atoms with van der Waals surface area (Å²) in [5.41, 5.74) is 2.07. The van der Waals surface area contributed by atoms with Crippen molar-refractivity contribution < 1.29 is 14.2 Å². The summed E-state index contributed by atoms with van der Waals surface area (Å²) in [6, 6.07) is 24.8. The number of aromatic nitrogens is 2. The van der Waals surface area contributed by atoms with Crippen LogP contribution in [0, 0.1) is 10.1 Å². The predicted molar refractivity (Wildman–Crippen MR) is 122 cm³/mol. The monoisotopic (exact) mass is 442 g/mol. The number of nitro groups is 1. The molecule has 8 heteroatoms. The molecule has 4 rings (SSSR count). The van der Waals surface area contributed by atoms with E-state index >= 15 is 0 Å². The second-order valence-electron chi connectivity index (χ2n) is 7.52. The van der Waals surface area contributed by atoms with Gasteiger partial charge in [-0.15, -0.1) is 0 Å². The summed E-state index contributed by atoms with van der Waals surface area (Å²) in [4.78, 5) is 30.0. The van der Waals surface area contributed by atoms with Crippen molar-refractivity contribution in [3.63, 3.8) is 0 Å². The smallest absolute Gasteiger partial charge is 0.270 e. The number of nitro benzene ring substituents is 1. The SMILES string of the molecule is C[C@@H](c1ccccc1)N(CCc1nc(-c2cccc([N+](=O)[O-])c2)no1)C(=O)c1ccccc1. The fourth-order valence-electron chi connectivity index (χ4n) is 3.58. The molecule has 166 valence electrons. The lowest BCUT2D eigenvalue weighted by Gasteiger charge is -2.29. The van der Waals surface area contributed by atoms with E-state index in [2.05, 4.69) is 10.1 Å². The molecule has 33 heavy (non-hydrogen) atoms. The van der Waals surface area contributed by atoms with Gasteiger partial charge < -0.3 is 9.42 Å². The van der Waals surface area contributed by atoms with Crippen LogP contribution in [0.4, 0.5) is 5.69 Å². The zero-order valence-electron chi connectivity index (χ0n) is 18.0. The molecule has 0 unspecified atom stereocenters. The van der Waals surface area contributed by atoms with Gasteiger partial charge in [0.1, 0.15) is 0 Å². The maximum absolute atomic E-state index is 13.3. The fraction of sp³-hybridized carbons (Fsp3) is 0.160. The summed E-state index contributed by atoms with van der Waals surface area (Å²) in [7, 11) is 0. The third-order valence-corrected chi connectivity index (χ3v) is 5.38. The zero-order valence-corrected chi connectivity index (χ0v) is 18.0. The van der Waals surface area contributed by atoms with Crippen LogP contribution in [0.3, 0.4) is 0 Å². The molecule has 3 aromatic carbocycles. The molecular weight excluding hydrogens is 420 g/mol. The molecule has 1 aromatic heterocycles. The highest BCUT2D eigenvalue weighted by atomic mass is 16.6. The van der Waals surface area contributed by atoms with Crippen LogP contribution in [0.5, 0.6) is 0 Å². The number of non-ortho nitro benzene ring substituents is 1. The quantitative estimate of drug-likeness (QED) is 0.278. The first-order valence-electron chi connectivity index (χ1n) is 10.5. The van der Waals surface area contributed by atoms with E-state index in [1.165, 1.54) is 12.1 Å². The number of benzene rings is 3. The Bertz CT molecular complexity index is 1240. The number of amides is 1. The van der Waals surface area contributed by atoms with Crippen LogP contribution in [-0.2, 0) is 6.42 Å². The Labute approximate surface area is 190 Å². The Hall–Kier alpha value is -4.33. The van der Waals surface area contributed by atoms with E-state index in [1.54, 1.807) is 29.2 Å². The molecule has 0 N–H and O–H groups in total. The molecule has 1 amide bonds.